The maximum Gasteiger partial charge on any atom is 0.236 e. The molecule has 0 aromatic heterocycles. The molecule has 0 spiro atoms. The van der Waals surface area contributed by atoms with Crippen LogP contribution in [0.4, 0.5) is 0 Å². The van der Waals surface area contributed by atoms with Gasteiger partial charge in [-0.1, -0.05) is 19.3 Å². The molecule has 4 nitrogen and oxygen atoms in total. The van der Waals surface area contributed by atoms with Crippen molar-refractivity contribution in [2.24, 2.45) is 0 Å². The normalized spacial score (nSPS) is 21.6. The Balaban J connectivity index is 1.47. The first-order valence-electron chi connectivity index (χ1n) is 7.96. The zero-order valence-electron chi connectivity index (χ0n) is 12.0. The Bertz CT molecular complexity index is 259. The SMILES string of the molecule is O=C(CNCCOC1CCCCC1)N1CCCCC1. The first-order valence-corrected chi connectivity index (χ1v) is 7.96. The van der Waals surface area contributed by atoms with Crippen LogP contribution in [0.2, 0.25) is 0 Å². The molecule has 2 rings (SSSR count). The lowest BCUT2D eigenvalue weighted by Crippen LogP contribution is -2.41. The Kier molecular flexibility index (Phi) is 6.65. The maximum atomic E-state index is 11.9. The number of carbonyl (C=O) groups excluding carboxylic acids is 1. The van der Waals surface area contributed by atoms with Crippen LogP contribution in [0.1, 0.15) is 51.4 Å². The topological polar surface area (TPSA) is 41.6 Å². The van der Waals surface area contributed by atoms with Crippen molar-refractivity contribution in [1.82, 2.24) is 10.2 Å². The van der Waals surface area contributed by atoms with E-state index in [9.17, 15) is 4.79 Å². The van der Waals surface area contributed by atoms with Crippen molar-refractivity contribution >= 4 is 5.91 Å². The summed E-state index contributed by atoms with van der Waals surface area (Å²) in [6, 6.07) is 0. The quantitative estimate of drug-likeness (QED) is 0.749. The predicted molar refractivity (Wildman–Crippen MR) is 76.1 cm³/mol. The van der Waals surface area contributed by atoms with E-state index in [1.165, 1.54) is 38.5 Å². The van der Waals surface area contributed by atoms with Crippen LogP contribution in [-0.4, -0.2) is 49.7 Å². The van der Waals surface area contributed by atoms with Gasteiger partial charge in [-0.2, -0.15) is 0 Å². The summed E-state index contributed by atoms with van der Waals surface area (Å²) in [6.45, 7) is 3.88. The van der Waals surface area contributed by atoms with E-state index in [1.54, 1.807) is 0 Å². The Morgan fingerprint density at radius 1 is 1.05 bits per heavy atom. The maximum absolute atomic E-state index is 11.9. The molecule has 0 unspecified atom stereocenters. The van der Waals surface area contributed by atoms with Crippen LogP contribution in [-0.2, 0) is 9.53 Å². The minimum Gasteiger partial charge on any atom is -0.377 e. The molecule has 1 saturated heterocycles. The van der Waals surface area contributed by atoms with Gasteiger partial charge in [0.2, 0.25) is 5.91 Å². The van der Waals surface area contributed by atoms with Crippen LogP contribution in [0.25, 0.3) is 0 Å². The van der Waals surface area contributed by atoms with Crippen LogP contribution in [0, 0.1) is 0 Å². The van der Waals surface area contributed by atoms with E-state index in [1.807, 2.05) is 4.90 Å². The predicted octanol–water partition coefficient (Wildman–Crippen LogP) is 1.94. The fourth-order valence-corrected chi connectivity index (χ4v) is 2.98. The number of nitrogens with one attached hydrogen (secondary N) is 1. The van der Waals surface area contributed by atoms with Crippen molar-refractivity contribution in [2.75, 3.05) is 32.8 Å². The highest BCUT2D eigenvalue weighted by molar-refractivity contribution is 5.78. The number of nitrogens with zero attached hydrogens (tertiary/aromatic N) is 1. The van der Waals surface area contributed by atoms with Gasteiger partial charge in [0.25, 0.3) is 0 Å². The average Bonchev–Trinajstić information content (AvgIpc) is 2.49. The number of hydrogen-bond acceptors (Lipinski definition) is 3. The minimum absolute atomic E-state index is 0.248. The fraction of sp³-hybridized carbons (Fsp3) is 0.933. The molecule has 1 aliphatic carbocycles. The molecule has 19 heavy (non-hydrogen) atoms. The number of amides is 1. The number of carbonyl (C=O) groups is 1. The molecule has 4 heteroatoms. The van der Waals surface area contributed by atoms with Gasteiger partial charge in [-0.25, -0.2) is 0 Å². The number of piperidine rings is 1. The summed E-state index contributed by atoms with van der Waals surface area (Å²) < 4.78 is 5.82. The van der Waals surface area contributed by atoms with Crippen LogP contribution in [0.3, 0.4) is 0 Å². The number of rotatable bonds is 6. The van der Waals surface area contributed by atoms with E-state index >= 15 is 0 Å². The van der Waals surface area contributed by atoms with Gasteiger partial charge in [-0.15, -0.1) is 0 Å². The molecule has 2 fully saturated rings. The van der Waals surface area contributed by atoms with E-state index in [0.29, 0.717) is 12.6 Å². The van der Waals surface area contributed by atoms with Crippen LogP contribution < -0.4 is 5.32 Å². The Hall–Kier alpha value is -0.610. The fourth-order valence-electron chi connectivity index (χ4n) is 2.98. The summed E-state index contributed by atoms with van der Waals surface area (Å²) in [7, 11) is 0. The van der Waals surface area contributed by atoms with Crippen molar-refractivity contribution < 1.29 is 9.53 Å². The minimum atomic E-state index is 0.248. The Morgan fingerprint density at radius 2 is 1.74 bits per heavy atom. The lowest BCUT2D eigenvalue weighted by atomic mass is 9.98. The average molecular weight is 268 g/mol. The number of likely N-dealkylation sites (tertiary alicyclic amines) is 1. The second-order valence-corrected chi connectivity index (χ2v) is 5.75. The number of hydrogen-bond donors (Lipinski definition) is 1. The zero-order chi connectivity index (χ0) is 13.3. The molecule has 1 amide bonds. The third-order valence-electron chi connectivity index (χ3n) is 4.17. The van der Waals surface area contributed by atoms with Crippen molar-refractivity contribution in [2.45, 2.75) is 57.5 Å². The molecule has 1 N–H and O–H groups in total. The largest absolute Gasteiger partial charge is 0.377 e. The third kappa shape index (κ3) is 5.49. The third-order valence-corrected chi connectivity index (χ3v) is 4.17. The van der Waals surface area contributed by atoms with Crippen molar-refractivity contribution in [3.8, 4) is 0 Å². The molecule has 1 heterocycles. The van der Waals surface area contributed by atoms with Gasteiger partial charge in [0.1, 0.15) is 0 Å². The lowest BCUT2D eigenvalue weighted by molar-refractivity contribution is -0.131. The summed E-state index contributed by atoms with van der Waals surface area (Å²) >= 11 is 0. The van der Waals surface area contributed by atoms with Gasteiger partial charge >= 0.3 is 0 Å². The molecule has 0 bridgehead atoms. The molecule has 2 aliphatic rings. The standard InChI is InChI=1S/C15H28N2O2/c18-15(17-10-5-2-6-11-17)13-16-9-12-19-14-7-3-1-4-8-14/h14,16H,1-13H2. The molecule has 0 atom stereocenters. The Labute approximate surface area is 116 Å². The summed E-state index contributed by atoms with van der Waals surface area (Å²) in [5.74, 6) is 0.248. The van der Waals surface area contributed by atoms with E-state index < -0.39 is 0 Å². The monoisotopic (exact) mass is 268 g/mol. The lowest BCUT2D eigenvalue weighted by Gasteiger charge is -2.27. The molecular formula is C15H28N2O2. The zero-order valence-corrected chi connectivity index (χ0v) is 12.0. The van der Waals surface area contributed by atoms with Gasteiger partial charge in [0.15, 0.2) is 0 Å². The summed E-state index contributed by atoms with van der Waals surface area (Å²) in [5, 5.41) is 3.21. The van der Waals surface area contributed by atoms with Crippen LogP contribution in [0.5, 0.6) is 0 Å². The van der Waals surface area contributed by atoms with E-state index in [4.69, 9.17) is 4.74 Å². The summed E-state index contributed by atoms with van der Waals surface area (Å²) in [6.07, 6.45) is 10.5. The van der Waals surface area contributed by atoms with Gasteiger partial charge in [-0.3, -0.25) is 4.79 Å². The smallest absolute Gasteiger partial charge is 0.236 e. The van der Waals surface area contributed by atoms with Gasteiger partial charge in [-0.05, 0) is 32.1 Å². The second-order valence-electron chi connectivity index (χ2n) is 5.75. The van der Waals surface area contributed by atoms with E-state index in [-0.39, 0.29) is 5.91 Å². The molecule has 0 aromatic carbocycles. The summed E-state index contributed by atoms with van der Waals surface area (Å²) in [4.78, 5) is 13.9. The van der Waals surface area contributed by atoms with Gasteiger partial charge in [0, 0.05) is 19.6 Å². The van der Waals surface area contributed by atoms with Crippen molar-refractivity contribution in [3.05, 3.63) is 0 Å². The first-order chi connectivity index (χ1) is 9.36. The molecule has 0 radical (unpaired) electrons. The first kappa shape index (κ1) is 14.8. The molecule has 0 aromatic rings. The van der Waals surface area contributed by atoms with Gasteiger partial charge in [0.05, 0.1) is 19.3 Å². The highest BCUT2D eigenvalue weighted by Gasteiger charge is 2.16. The van der Waals surface area contributed by atoms with Gasteiger partial charge < -0.3 is 15.0 Å². The molecular weight excluding hydrogens is 240 g/mol. The molecule has 1 saturated carbocycles. The number of ether oxygens (including phenoxy) is 1. The van der Waals surface area contributed by atoms with Crippen molar-refractivity contribution in [1.29, 1.82) is 0 Å². The highest BCUT2D eigenvalue weighted by atomic mass is 16.5. The van der Waals surface area contributed by atoms with Crippen molar-refractivity contribution in [3.63, 3.8) is 0 Å². The molecule has 1 aliphatic heterocycles. The second kappa shape index (κ2) is 8.54. The van der Waals surface area contributed by atoms with E-state index in [2.05, 4.69) is 5.32 Å². The Morgan fingerprint density at radius 3 is 2.47 bits per heavy atom. The molecule has 110 valence electrons. The van der Waals surface area contributed by atoms with Crippen LogP contribution in [0.15, 0.2) is 0 Å². The summed E-state index contributed by atoms with van der Waals surface area (Å²) in [5.41, 5.74) is 0. The van der Waals surface area contributed by atoms with E-state index in [0.717, 1.165) is 39.1 Å². The van der Waals surface area contributed by atoms with Crippen LogP contribution >= 0.6 is 0 Å². The highest BCUT2D eigenvalue weighted by Crippen LogP contribution is 2.19.